The van der Waals surface area contributed by atoms with Crippen LogP contribution in [0.25, 0.3) is 17.1 Å². The van der Waals surface area contributed by atoms with E-state index >= 15 is 0 Å². The van der Waals surface area contributed by atoms with Crippen LogP contribution in [0.15, 0.2) is 48.5 Å². The first-order valence-electron chi connectivity index (χ1n) is 7.65. The molecule has 0 radical (unpaired) electrons. The van der Waals surface area contributed by atoms with Crippen LogP contribution in [0.2, 0.25) is 0 Å². The number of aryl methyl sites for hydroxylation is 1. The summed E-state index contributed by atoms with van der Waals surface area (Å²) in [5, 5.41) is 7.10. The van der Waals surface area contributed by atoms with E-state index in [1.165, 1.54) is 7.11 Å². The molecule has 3 rings (SSSR count). The monoisotopic (exact) mass is 356 g/mol. The van der Waals surface area contributed by atoms with Crippen molar-refractivity contribution in [2.24, 2.45) is 0 Å². The highest BCUT2D eigenvalue weighted by Crippen LogP contribution is 2.26. The second kappa shape index (κ2) is 7.36. The molecule has 0 bridgehead atoms. The Morgan fingerprint density at radius 3 is 2.56 bits per heavy atom. The molecule has 1 heterocycles. The Morgan fingerprint density at radius 2 is 1.92 bits per heavy atom. The van der Waals surface area contributed by atoms with Gasteiger partial charge in [0.05, 0.1) is 12.8 Å². The molecule has 0 saturated carbocycles. The van der Waals surface area contributed by atoms with Crippen molar-refractivity contribution < 1.29 is 9.53 Å². The molecule has 25 heavy (non-hydrogen) atoms. The zero-order valence-corrected chi connectivity index (χ0v) is 14.6. The van der Waals surface area contributed by atoms with Gasteiger partial charge in [0.15, 0.2) is 5.82 Å². The van der Waals surface area contributed by atoms with E-state index in [4.69, 9.17) is 16.3 Å². The number of halogens is 1. The number of ether oxygens (including phenoxy) is 1. The lowest BCUT2D eigenvalue weighted by molar-refractivity contribution is -0.113. The third-order valence-electron chi connectivity index (χ3n) is 3.67. The van der Waals surface area contributed by atoms with Crippen molar-refractivity contribution >= 4 is 23.2 Å². The summed E-state index contributed by atoms with van der Waals surface area (Å²) in [4.78, 5) is 15.8. The van der Waals surface area contributed by atoms with Gasteiger partial charge in [-0.2, -0.15) is 4.98 Å². The number of carbonyl (C=O) groups is 1. The Balaban J connectivity index is 2.01. The van der Waals surface area contributed by atoms with Gasteiger partial charge >= 0.3 is 6.01 Å². The van der Waals surface area contributed by atoms with E-state index in [2.05, 4.69) is 15.4 Å². The fourth-order valence-electron chi connectivity index (χ4n) is 2.44. The number of amides is 1. The lowest BCUT2D eigenvalue weighted by atomic mass is 10.1. The van der Waals surface area contributed by atoms with Gasteiger partial charge in [0, 0.05) is 11.3 Å². The molecule has 0 atom stereocenters. The fraction of sp³-hybridized carbons (Fsp3) is 0.167. The molecule has 1 amide bonds. The van der Waals surface area contributed by atoms with Crippen LogP contribution in [0.4, 0.5) is 5.69 Å². The molecule has 6 nitrogen and oxygen atoms in total. The lowest BCUT2D eigenvalue weighted by Gasteiger charge is -2.09. The SMILES string of the molecule is COc1nc(-c2ccccc2C)n(-c2ccc(NC(=O)CCl)cc2)n1. The molecule has 0 aliphatic carbocycles. The molecule has 3 aromatic rings. The van der Waals surface area contributed by atoms with Crippen molar-refractivity contribution in [3.8, 4) is 23.1 Å². The number of carbonyl (C=O) groups excluding carboxylic acids is 1. The van der Waals surface area contributed by atoms with E-state index in [-0.39, 0.29) is 17.8 Å². The maximum absolute atomic E-state index is 11.4. The minimum absolute atomic E-state index is 0.0839. The van der Waals surface area contributed by atoms with E-state index in [1.807, 2.05) is 43.3 Å². The Labute approximate surface area is 150 Å². The number of nitrogens with zero attached hydrogens (tertiary/aromatic N) is 3. The zero-order chi connectivity index (χ0) is 17.8. The lowest BCUT2D eigenvalue weighted by Crippen LogP contribution is -2.12. The molecule has 0 unspecified atom stereocenters. The van der Waals surface area contributed by atoms with E-state index in [1.54, 1.807) is 16.8 Å². The molecule has 2 aromatic carbocycles. The van der Waals surface area contributed by atoms with Gasteiger partial charge in [-0.3, -0.25) is 4.79 Å². The molecule has 0 saturated heterocycles. The minimum Gasteiger partial charge on any atom is -0.466 e. The number of anilines is 1. The van der Waals surface area contributed by atoms with Crippen molar-refractivity contribution in [2.75, 3.05) is 18.3 Å². The number of benzene rings is 2. The third-order valence-corrected chi connectivity index (χ3v) is 3.92. The molecule has 7 heteroatoms. The summed E-state index contributed by atoms with van der Waals surface area (Å²) in [6.45, 7) is 2.02. The summed E-state index contributed by atoms with van der Waals surface area (Å²) in [5.74, 6) is 0.351. The van der Waals surface area contributed by atoms with Gasteiger partial charge in [-0.15, -0.1) is 16.7 Å². The van der Waals surface area contributed by atoms with E-state index in [0.29, 0.717) is 11.5 Å². The molecule has 0 fully saturated rings. The van der Waals surface area contributed by atoms with Gasteiger partial charge in [0.1, 0.15) is 5.88 Å². The van der Waals surface area contributed by atoms with Crippen LogP contribution in [-0.4, -0.2) is 33.7 Å². The number of aromatic nitrogens is 3. The number of rotatable bonds is 5. The average molecular weight is 357 g/mol. The van der Waals surface area contributed by atoms with Crippen LogP contribution < -0.4 is 10.1 Å². The van der Waals surface area contributed by atoms with Crippen LogP contribution in [-0.2, 0) is 4.79 Å². The van der Waals surface area contributed by atoms with Gasteiger partial charge in [0.2, 0.25) is 5.91 Å². The number of hydrogen-bond donors (Lipinski definition) is 1. The van der Waals surface area contributed by atoms with Crippen LogP contribution in [0.1, 0.15) is 5.56 Å². The average Bonchev–Trinajstić information content (AvgIpc) is 3.07. The molecule has 1 N–H and O–H groups in total. The van der Waals surface area contributed by atoms with Crippen molar-refractivity contribution in [3.63, 3.8) is 0 Å². The van der Waals surface area contributed by atoms with Gasteiger partial charge in [-0.25, -0.2) is 4.68 Å². The summed E-state index contributed by atoms with van der Waals surface area (Å²) in [6, 6.07) is 15.5. The van der Waals surface area contributed by atoms with E-state index in [0.717, 1.165) is 16.8 Å². The standard InChI is InChI=1S/C18H17ClN4O2/c1-12-5-3-4-6-15(12)17-21-18(25-2)22-23(17)14-9-7-13(8-10-14)20-16(24)11-19/h3-10H,11H2,1-2H3,(H,20,24). The Morgan fingerprint density at radius 1 is 1.20 bits per heavy atom. The van der Waals surface area contributed by atoms with Crippen LogP contribution in [0, 0.1) is 6.92 Å². The summed E-state index contributed by atoms with van der Waals surface area (Å²) in [6.07, 6.45) is 0. The molecule has 0 aliphatic rings. The molecule has 0 aliphatic heterocycles. The second-order valence-corrected chi connectivity index (χ2v) is 5.64. The van der Waals surface area contributed by atoms with Crippen molar-refractivity contribution in [3.05, 3.63) is 54.1 Å². The number of nitrogens with one attached hydrogen (secondary N) is 1. The first-order valence-corrected chi connectivity index (χ1v) is 8.19. The predicted octanol–water partition coefficient (Wildman–Crippen LogP) is 3.43. The van der Waals surface area contributed by atoms with E-state index < -0.39 is 0 Å². The first kappa shape index (κ1) is 17.0. The van der Waals surface area contributed by atoms with Gasteiger partial charge < -0.3 is 10.1 Å². The molecule has 1 aromatic heterocycles. The van der Waals surface area contributed by atoms with Crippen LogP contribution in [0.3, 0.4) is 0 Å². The molecular formula is C18H17ClN4O2. The molecular weight excluding hydrogens is 340 g/mol. The second-order valence-electron chi connectivity index (χ2n) is 5.38. The largest absolute Gasteiger partial charge is 0.466 e. The third kappa shape index (κ3) is 3.64. The van der Waals surface area contributed by atoms with Crippen molar-refractivity contribution in [1.82, 2.24) is 14.8 Å². The minimum atomic E-state index is -0.252. The molecule has 128 valence electrons. The highest BCUT2D eigenvalue weighted by molar-refractivity contribution is 6.29. The van der Waals surface area contributed by atoms with Crippen molar-refractivity contribution in [2.45, 2.75) is 6.92 Å². The fourth-order valence-corrected chi connectivity index (χ4v) is 2.50. The number of methoxy groups -OCH3 is 1. The van der Waals surface area contributed by atoms with Crippen LogP contribution >= 0.6 is 11.6 Å². The maximum Gasteiger partial charge on any atom is 0.336 e. The predicted molar refractivity (Wildman–Crippen MR) is 97.4 cm³/mol. The highest BCUT2D eigenvalue weighted by Gasteiger charge is 2.15. The van der Waals surface area contributed by atoms with Crippen molar-refractivity contribution in [1.29, 1.82) is 0 Å². The van der Waals surface area contributed by atoms with Gasteiger partial charge in [0.25, 0.3) is 0 Å². The Hall–Kier alpha value is -2.86. The van der Waals surface area contributed by atoms with Gasteiger partial charge in [-0.05, 0) is 36.8 Å². The quantitative estimate of drug-likeness (QED) is 0.711. The van der Waals surface area contributed by atoms with Gasteiger partial charge in [-0.1, -0.05) is 24.3 Å². The summed E-state index contributed by atoms with van der Waals surface area (Å²) in [7, 11) is 1.53. The van der Waals surface area contributed by atoms with Crippen LogP contribution in [0.5, 0.6) is 6.01 Å². The summed E-state index contributed by atoms with van der Waals surface area (Å²) < 4.78 is 6.91. The number of hydrogen-bond acceptors (Lipinski definition) is 4. The Bertz CT molecular complexity index is 890. The topological polar surface area (TPSA) is 69.0 Å². The summed E-state index contributed by atoms with van der Waals surface area (Å²) in [5.41, 5.74) is 3.53. The zero-order valence-electron chi connectivity index (χ0n) is 13.9. The number of alkyl halides is 1. The normalized spacial score (nSPS) is 10.5. The maximum atomic E-state index is 11.4. The smallest absolute Gasteiger partial charge is 0.336 e. The van der Waals surface area contributed by atoms with E-state index in [9.17, 15) is 4.79 Å². The highest BCUT2D eigenvalue weighted by atomic mass is 35.5. The molecule has 0 spiro atoms. The first-order chi connectivity index (χ1) is 12.1. The Kier molecular flexibility index (Phi) is 5.00. The summed E-state index contributed by atoms with van der Waals surface area (Å²) >= 11 is 5.50.